The average Bonchev–Trinajstić information content (AvgIpc) is 4.05. The molecule has 16 rings (SSSR count). The molecule has 0 spiro atoms. The van der Waals surface area contributed by atoms with Crippen molar-refractivity contribution in [1.29, 1.82) is 0 Å². The summed E-state index contributed by atoms with van der Waals surface area (Å²) in [6.07, 6.45) is 9.38. The molecule has 0 saturated heterocycles. The highest BCUT2D eigenvalue weighted by atomic mass is 32.1. The molecule has 4 nitrogen and oxygen atoms in total. The predicted molar refractivity (Wildman–Crippen MR) is 339 cm³/mol. The molecule has 0 bridgehead atoms. The first-order valence-corrected chi connectivity index (χ1v) is 30.5. The van der Waals surface area contributed by atoms with Crippen molar-refractivity contribution in [2.45, 2.75) is 160 Å². The standard InChI is InChI=1S/C73H72BN3OS/c1-43-35-50-52(70(6,7)33-31-68(50,2)3)40-58(43)76-60-42-65-48(46-22-13-17-28-64(46)79-65)38-54(60)74-55-39-51-53(71(8,9)34-32-69(51,4)5)41-59(55)75(57-26-20-23-47-45-21-12-16-27-63(45)78-67(47)57)61-36-44(37-62(76)66(61)74)77-56-25-15-14-24-49(56)72(10)29-18-19-30-73(72,77)11/h12-17,20-28,35-42H,18-19,29-34H2,1-11H3. The van der Waals surface area contributed by atoms with Crippen LogP contribution in [-0.4, -0.2) is 12.3 Å². The maximum atomic E-state index is 7.20. The van der Waals surface area contributed by atoms with Crippen LogP contribution in [0.2, 0.25) is 0 Å². The normalized spacial score (nSPS) is 22.6. The molecular formula is C73H72BN3OS. The van der Waals surface area contributed by atoms with E-state index in [1.165, 1.54) is 135 Å². The van der Waals surface area contributed by atoms with Crippen LogP contribution in [0.15, 0.2) is 144 Å². The van der Waals surface area contributed by atoms with Gasteiger partial charge in [0.25, 0.3) is 6.71 Å². The maximum absolute atomic E-state index is 7.20. The van der Waals surface area contributed by atoms with Gasteiger partial charge in [-0.3, -0.25) is 0 Å². The number of fused-ring (bicyclic) bond motifs is 15. The Morgan fingerprint density at radius 3 is 1.72 bits per heavy atom. The molecule has 10 aromatic rings. The monoisotopic (exact) mass is 1050 g/mol. The first-order valence-electron chi connectivity index (χ1n) is 29.7. The molecule has 6 aliphatic rings. The smallest absolute Gasteiger partial charge is 0.252 e. The number of thiophene rings is 1. The number of hydrogen-bond acceptors (Lipinski definition) is 5. The van der Waals surface area contributed by atoms with E-state index in [9.17, 15) is 0 Å². The largest absolute Gasteiger partial charge is 0.454 e. The molecule has 79 heavy (non-hydrogen) atoms. The predicted octanol–water partition coefficient (Wildman–Crippen LogP) is 18.8. The summed E-state index contributed by atoms with van der Waals surface area (Å²) in [6, 6.07) is 55.3. The summed E-state index contributed by atoms with van der Waals surface area (Å²) in [5.74, 6) is 0. The van der Waals surface area contributed by atoms with Gasteiger partial charge in [-0.25, -0.2) is 0 Å². The van der Waals surface area contributed by atoms with Crippen LogP contribution in [0.5, 0.6) is 0 Å². The van der Waals surface area contributed by atoms with Crippen LogP contribution >= 0.6 is 11.3 Å². The fourth-order valence-corrected chi connectivity index (χ4v) is 18.0. The van der Waals surface area contributed by atoms with Crippen molar-refractivity contribution in [2.24, 2.45) is 0 Å². The van der Waals surface area contributed by atoms with Crippen molar-refractivity contribution in [3.63, 3.8) is 0 Å². The van der Waals surface area contributed by atoms with Gasteiger partial charge < -0.3 is 19.1 Å². The summed E-state index contributed by atoms with van der Waals surface area (Å²) >= 11 is 1.94. The highest BCUT2D eigenvalue weighted by molar-refractivity contribution is 7.26. The molecule has 5 heterocycles. The number of anilines is 8. The number of benzene rings is 8. The Labute approximate surface area is 471 Å². The third-order valence-corrected chi connectivity index (χ3v) is 23.0. The average molecular weight is 1050 g/mol. The molecule has 0 amide bonds. The molecule has 3 aliphatic heterocycles. The van der Waals surface area contributed by atoms with E-state index in [0.717, 1.165) is 53.3 Å². The number of nitrogens with zero attached hydrogens (tertiary/aromatic N) is 3. The van der Waals surface area contributed by atoms with Crippen molar-refractivity contribution >= 4 is 122 Å². The van der Waals surface area contributed by atoms with Gasteiger partial charge in [-0.1, -0.05) is 160 Å². The first-order chi connectivity index (χ1) is 37.8. The minimum atomic E-state index is -0.155. The second-order valence-corrected chi connectivity index (χ2v) is 29.2. The molecular weight excluding hydrogens is 978 g/mol. The van der Waals surface area contributed by atoms with Crippen LogP contribution in [-0.2, 0) is 27.1 Å². The van der Waals surface area contributed by atoms with Crippen LogP contribution < -0.4 is 31.1 Å². The number of rotatable bonds is 3. The van der Waals surface area contributed by atoms with Crippen LogP contribution in [0.4, 0.5) is 45.5 Å². The zero-order valence-corrected chi connectivity index (χ0v) is 49.0. The minimum absolute atomic E-state index is 0.000464. The van der Waals surface area contributed by atoms with Crippen molar-refractivity contribution < 1.29 is 4.42 Å². The lowest BCUT2D eigenvalue weighted by molar-refractivity contribution is 0.195. The molecule has 2 unspecified atom stereocenters. The molecule has 394 valence electrons. The van der Waals surface area contributed by atoms with E-state index in [2.05, 4.69) is 230 Å². The number of furan rings is 1. The van der Waals surface area contributed by atoms with Gasteiger partial charge in [0.1, 0.15) is 5.58 Å². The topological polar surface area (TPSA) is 22.9 Å². The number of hydrogen-bond donors (Lipinski definition) is 0. The molecule has 0 N–H and O–H groups in total. The van der Waals surface area contributed by atoms with E-state index in [1.54, 1.807) is 0 Å². The Morgan fingerprint density at radius 2 is 0.987 bits per heavy atom. The van der Waals surface area contributed by atoms with Gasteiger partial charge in [-0.05, 0) is 184 Å². The molecule has 3 aliphatic carbocycles. The lowest BCUT2D eigenvalue weighted by Crippen LogP contribution is -2.62. The van der Waals surface area contributed by atoms with Crippen LogP contribution in [0.1, 0.15) is 154 Å². The fourth-order valence-electron chi connectivity index (χ4n) is 16.9. The summed E-state index contributed by atoms with van der Waals surface area (Å²) < 4.78 is 9.87. The molecule has 1 saturated carbocycles. The Hall–Kier alpha value is -6.76. The summed E-state index contributed by atoms with van der Waals surface area (Å²) in [7, 11) is 0. The Morgan fingerprint density at radius 1 is 0.430 bits per heavy atom. The van der Waals surface area contributed by atoms with Gasteiger partial charge in [0, 0.05) is 70.8 Å². The van der Waals surface area contributed by atoms with Gasteiger partial charge in [0.15, 0.2) is 5.58 Å². The van der Waals surface area contributed by atoms with Gasteiger partial charge in [-0.2, -0.15) is 0 Å². The van der Waals surface area contributed by atoms with E-state index in [1.807, 2.05) is 11.3 Å². The summed E-state index contributed by atoms with van der Waals surface area (Å²) in [4.78, 5) is 8.29. The number of aryl methyl sites for hydroxylation is 1. The number of para-hydroxylation sites is 3. The lowest BCUT2D eigenvalue weighted by Gasteiger charge is -2.51. The molecule has 0 radical (unpaired) electrons. The van der Waals surface area contributed by atoms with Gasteiger partial charge in [-0.15, -0.1) is 11.3 Å². The van der Waals surface area contributed by atoms with E-state index < -0.39 is 0 Å². The van der Waals surface area contributed by atoms with E-state index in [4.69, 9.17) is 4.42 Å². The molecule has 6 heteroatoms. The first kappa shape index (κ1) is 48.2. The second kappa shape index (κ2) is 15.8. The molecule has 2 aromatic heterocycles. The second-order valence-electron chi connectivity index (χ2n) is 28.1. The van der Waals surface area contributed by atoms with Crippen molar-refractivity contribution in [3.05, 3.63) is 173 Å². The van der Waals surface area contributed by atoms with Crippen LogP contribution in [0.25, 0.3) is 42.1 Å². The Bertz CT molecular complexity index is 4320. The molecule has 2 atom stereocenters. The van der Waals surface area contributed by atoms with E-state index >= 15 is 0 Å². The SMILES string of the molecule is Cc1cc2c(cc1N1c3cc4sc5ccccc5c4cc3B3c4cc5c(cc4N(c4cccc6c4oc4ccccc46)c4cc(N6c7ccccc7C7(C)CCCCC67C)cc1c43)C(C)(C)CCC5(C)C)C(C)(C)CCC2(C)C. The van der Waals surface area contributed by atoms with E-state index in [0.29, 0.717) is 0 Å². The lowest BCUT2D eigenvalue weighted by atomic mass is 9.33. The Balaban J connectivity index is 1.09. The summed E-state index contributed by atoms with van der Waals surface area (Å²) in [5, 5.41) is 4.98. The quantitative estimate of drug-likeness (QED) is 0.165. The zero-order chi connectivity index (χ0) is 54.1. The molecule has 1 fully saturated rings. The third kappa shape index (κ3) is 6.33. The summed E-state index contributed by atoms with van der Waals surface area (Å²) in [5.41, 5.74) is 24.7. The van der Waals surface area contributed by atoms with E-state index in [-0.39, 0.29) is 39.3 Å². The van der Waals surface area contributed by atoms with Gasteiger partial charge in [0.2, 0.25) is 0 Å². The highest BCUT2D eigenvalue weighted by Crippen LogP contribution is 2.63. The molecule has 8 aromatic carbocycles. The summed E-state index contributed by atoms with van der Waals surface area (Å²) in [6.45, 7) is 27.4. The van der Waals surface area contributed by atoms with Gasteiger partial charge in [0.05, 0.1) is 11.2 Å². The van der Waals surface area contributed by atoms with Crippen LogP contribution in [0, 0.1) is 6.92 Å². The zero-order valence-electron chi connectivity index (χ0n) is 48.2. The third-order valence-electron chi connectivity index (χ3n) is 21.8. The van der Waals surface area contributed by atoms with Gasteiger partial charge >= 0.3 is 0 Å². The van der Waals surface area contributed by atoms with Crippen molar-refractivity contribution in [2.75, 3.05) is 14.7 Å². The maximum Gasteiger partial charge on any atom is 0.252 e. The highest BCUT2D eigenvalue weighted by Gasteiger charge is 2.58. The van der Waals surface area contributed by atoms with Crippen molar-refractivity contribution in [1.82, 2.24) is 0 Å². The van der Waals surface area contributed by atoms with Crippen molar-refractivity contribution in [3.8, 4) is 0 Å². The minimum Gasteiger partial charge on any atom is -0.454 e. The fraction of sp³-hybridized carbons (Fsp3) is 0.342. The van der Waals surface area contributed by atoms with Crippen LogP contribution in [0.3, 0.4) is 0 Å². The Kier molecular flexibility index (Phi) is 9.62.